The Balaban J connectivity index is 2.25. The number of nitrogens with one attached hydrogen (secondary N) is 1. The molecule has 0 radical (unpaired) electrons. The van der Waals surface area contributed by atoms with Crippen molar-refractivity contribution in [2.75, 3.05) is 19.7 Å². The number of carboxylic acids is 1. The second kappa shape index (κ2) is 4.31. The second-order valence-corrected chi connectivity index (χ2v) is 2.65. The van der Waals surface area contributed by atoms with Crippen LogP contribution in [0.2, 0.25) is 0 Å². The fourth-order valence-corrected chi connectivity index (χ4v) is 1.10. The summed E-state index contributed by atoms with van der Waals surface area (Å²) in [7, 11) is 0. The van der Waals surface area contributed by atoms with Gasteiger partial charge in [-0.15, -0.1) is 0 Å². The first-order valence-electron chi connectivity index (χ1n) is 3.83. The van der Waals surface area contributed by atoms with Gasteiger partial charge in [0.25, 0.3) is 0 Å². The molecule has 0 aliphatic carbocycles. The third kappa shape index (κ3) is 3.34. The summed E-state index contributed by atoms with van der Waals surface area (Å²) >= 11 is 0. The van der Waals surface area contributed by atoms with Gasteiger partial charge in [-0.1, -0.05) is 0 Å². The lowest BCUT2D eigenvalue weighted by Gasteiger charge is -2.11. The summed E-state index contributed by atoms with van der Waals surface area (Å²) in [5.41, 5.74) is 0. The fourth-order valence-electron chi connectivity index (χ4n) is 1.10. The van der Waals surface area contributed by atoms with E-state index in [-0.39, 0.29) is 12.5 Å². The Hall–Kier alpha value is -0.610. The van der Waals surface area contributed by atoms with E-state index in [0.29, 0.717) is 13.2 Å². The molecule has 1 fully saturated rings. The summed E-state index contributed by atoms with van der Waals surface area (Å²) in [6.45, 7) is 2.26. The number of aliphatic carboxylic acids is 1. The number of carboxylic acid groups (broad SMARTS) is 1. The summed E-state index contributed by atoms with van der Waals surface area (Å²) in [4.78, 5) is 10.3. The van der Waals surface area contributed by atoms with Crippen LogP contribution >= 0.6 is 0 Å². The van der Waals surface area contributed by atoms with Gasteiger partial charge >= 0.3 is 5.97 Å². The Labute approximate surface area is 65.5 Å². The molecule has 0 aromatic rings. The van der Waals surface area contributed by atoms with Gasteiger partial charge in [0.1, 0.15) is 0 Å². The number of hydrogen-bond donors (Lipinski definition) is 2. The Morgan fingerprint density at radius 3 is 3.27 bits per heavy atom. The molecule has 1 rings (SSSR count). The van der Waals surface area contributed by atoms with Gasteiger partial charge in [-0.3, -0.25) is 4.79 Å². The first-order valence-corrected chi connectivity index (χ1v) is 3.83. The Morgan fingerprint density at radius 1 is 1.73 bits per heavy atom. The monoisotopic (exact) mass is 159 g/mol. The minimum absolute atomic E-state index is 0.104. The van der Waals surface area contributed by atoms with Gasteiger partial charge in [-0.05, 0) is 13.0 Å². The molecule has 1 aliphatic heterocycles. The summed E-state index contributed by atoms with van der Waals surface area (Å²) in [5.74, 6) is -0.793. The summed E-state index contributed by atoms with van der Waals surface area (Å²) < 4.78 is 5.27. The quantitative estimate of drug-likeness (QED) is 0.587. The average molecular weight is 159 g/mol. The van der Waals surface area contributed by atoms with Gasteiger partial charge < -0.3 is 15.2 Å². The van der Waals surface area contributed by atoms with Crippen LogP contribution in [0, 0.1) is 0 Å². The number of hydrogen-bond acceptors (Lipinski definition) is 3. The highest BCUT2D eigenvalue weighted by molar-refractivity contribution is 5.67. The van der Waals surface area contributed by atoms with E-state index in [1.807, 2.05) is 0 Å². The molecule has 0 aromatic carbocycles. The van der Waals surface area contributed by atoms with Crippen molar-refractivity contribution in [3.8, 4) is 0 Å². The molecule has 0 spiro atoms. The molecule has 2 N–H and O–H groups in total. The molecule has 1 saturated heterocycles. The van der Waals surface area contributed by atoms with Crippen LogP contribution in [-0.4, -0.2) is 36.9 Å². The van der Waals surface area contributed by atoms with Gasteiger partial charge in [0.05, 0.1) is 12.5 Å². The molecule has 0 saturated carbocycles. The number of rotatable bonds is 2. The lowest BCUT2D eigenvalue weighted by atomic mass is 10.2. The molecular weight excluding hydrogens is 146 g/mol. The van der Waals surface area contributed by atoms with Gasteiger partial charge in [0, 0.05) is 13.2 Å². The van der Waals surface area contributed by atoms with Crippen LogP contribution in [0.15, 0.2) is 0 Å². The fraction of sp³-hybridized carbons (Fsp3) is 0.857. The van der Waals surface area contributed by atoms with Crippen LogP contribution < -0.4 is 5.32 Å². The van der Waals surface area contributed by atoms with Crippen molar-refractivity contribution in [2.24, 2.45) is 0 Å². The lowest BCUT2D eigenvalue weighted by molar-refractivity contribution is -0.139. The van der Waals surface area contributed by atoms with Gasteiger partial charge in [-0.25, -0.2) is 0 Å². The zero-order chi connectivity index (χ0) is 8.10. The van der Waals surface area contributed by atoms with E-state index in [9.17, 15) is 4.79 Å². The maximum Gasteiger partial charge on any atom is 0.306 e. The van der Waals surface area contributed by atoms with Crippen LogP contribution in [0.3, 0.4) is 0 Å². The van der Waals surface area contributed by atoms with Crippen LogP contribution in [0.4, 0.5) is 0 Å². The highest BCUT2D eigenvalue weighted by Gasteiger charge is 2.14. The van der Waals surface area contributed by atoms with Crippen LogP contribution in [0.1, 0.15) is 12.8 Å². The predicted octanol–water partition coefficient (Wildman–Crippen LogP) is -0.160. The van der Waals surface area contributed by atoms with Gasteiger partial charge in [0.2, 0.25) is 0 Å². The predicted molar refractivity (Wildman–Crippen MR) is 39.5 cm³/mol. The van der Waals surface area contributed by atoms with Crippen molar-refractivity contribution in [3.63, 3.8) is 0 Å². The third-order valence-electron chi connectivity index (χ3n) is 1.63. The summed E-state index contributed by atoms with van der Waals surface area (Å²) in [6, 6.07) is 0. The molecule has 0 amide bonds. The maximum absolute atomic E-state index is 10.3. The lowest BCUT2D eigenvalue weighted by Crippen LogP contribution is -2.28. The first-order chi connectivity index (χ1) is 5.29. The third-order valence-corrected chi connectivity index (χ3v) is 1.63. The Bertz CT molecular complexity index is 130. The molecule has 64 valence electrons. The minimum Gasteiger partial charge on any atom is -0.481 e. The van der Waals surface area contributed by atoms with E-state index in [0.717, 1.165) is 13.0 Å². The molecular formula is C7H13NO3. The van der Waals surface area contributed by atoms with Crippen LogP contribution in [-0.2, 0) is 9.53 Å². The van der Waals surface area contributed by atoms with Crippen LogP contribution in [0.25, 0.3) is 0 Å². The molecule has 1 aliphatic rings. The number of carbonyl (C=O) groups is 1. The SMILES string of the molecule is O=C(O)CC1CNCCCO1. The highest BCUT2D eigenvalue weighted by Crippen LogP contribution is 2.01. The van der Waals surface area contributed by atoms with Crippen molar-refractivity contribution < 1.29 is 14.6 Å². The van der Waals surface area contributed by atoms with E-state index in [2.05, 4.69) is 5.32 Å². The van der Waals surface area contributed by atoms with Crippen LogP contribution in [0.5, 0.6) is 0 Å². The van der Waals surface area contributed by atoms with Gasteiger partial charge in [0.15, 0.2) is 0 Å². The largest absolute Gasteiger partial charge is 0.481 e. The molecule has 11 heavy (non-hydrogen) atoms. The average Bonchev–Trinajstić information content (AvgIpc) is 2.14. The topological polar surface area (TPSA) is 58.6 Å². The minimum atomic E-state index is -0.793. The van der Waals surface area contributed by atoms with Crippen molar-refractivity contribution >= 4 is 5.97 Å². The van der Waals surface area contributed by atoms with E-state index in [4.69, 9.17) is 9.84 Å². The smallest absolute Gasteiger partial charge is 0.306 e. The normalized spacial score (nSPS) is 26.0. The van der Waals surface area contributed by atoms with Crippen molar-refractivity contribution in [2.45, 2.75) is 18.9 Å². The zero-order valence-electron chi connectivity index (χ0n) is 6.38. The molecule has 0 bridgehead atoms. The van der Waals surface area contributed by atoms with E-state index in [1.165, 1.54) is 0 Å². The molecule has 4 heteroatoms. The maximum atomic E-state index is 10.3. The van der Waals surface area contributed by atoms with Crippen molar-refractivity contribution in [1.29, 1.82) is 0 Å². The first kappa shape index (κ1) is 8.49. The summed E-state index contributed by atoms with van der Waals surface area (Å²) in [5, 5.41) is 11.6. The van der Waals surface area contributed by atoms with E-state index >= 15 is 0 Å². The standard InChI is InChI=1S/C7H13NO3/c9-7(10)4-6-5-8-2-1-3-11-6/h6,8H,1-5H2,(H,9,10). The van der Waals surface area contributed by atoms with Gasteiger partial charge in [-0.2, -0.15) is 0 Å². The van der Waals surface area contributed by atoms with E-state index in [1.54, 1.807) is 0 Å². The molecule has 0 aromatic heterocycles. The molecule has 1 heterocycles. The highest BCUT2D eigenvalue weighted by atomic mass is 16.5. The molecule has 1 atom stereocenters. The number of ether oxygens (including phenoxy) is 1. The molecule has 1 unspecified atom stereocenters. The molecule has 4 nitrogen and oxygen atoms in total. The van der Waals surface area contributed by atoms with E-state index < -0.39 is 5.97 Å². The van der Waals surface area contributed by atoms with Crippen molar-refractivity contribution in [3.05, 3.63) is 0 Å². The summed E-state index contributed by atoms with van der Waals surface area (Å²) in [6.07, 6.45) is 0.929. The Morgan fingerprint density at radius 2 is 2.55 bits per heavy atom. The zero-order valence-corrected chi connectivity index (χ0v) is 6.38. The second-order valence-electron chi connectivity index (χ2n) is 2.65. The Kier molecular flexibility index (Phi) is 3.32. The van der Waals surface area contributed by atoms with Crippen molar-refractivity contribution in [1.82, 2.24) is 5.32 Å².